The second-order valence-corrected chi connectivity index (χ2v) is 12.0. The van der Waals surface area contributed by atoms with Gasteiger partial charge in [0, 0.05) is 36.1 Å². The fourth-order valence-electron chi connectivity index (χ4n) is 4.87. The number of benzene rings is 2. The number of halogens is 3. The summed E-state index contributed by atoms with van der Waals surface area (Å²) in [5.41, 5.74) is 8.21. The van der Waals surface area contributed by atoms with E-state index in [-0.39, 0.29) is 39.3 Å². The lowest BCUT2D eigenvalue weighted by Gasteiger charge is -2.32. The zero-order valence-electron chi connectivity index (χ0n) is 22.6. The van der Waals surface area contributed by atoms with Gasteiger partial charge in [-0.25, -0.2) is 18.4 Å². The minimum absolute atomic E-state index is 0.0400. The quantitative estimate of drug-likeness (QED) is 0.212. The number of oxazole rings is 1. The number of hydrogen-bond donors (Lipinski definition) is 1. The topological polar surface area (TPSA) is 103 Å². The molecule has 11 heteroatoms. The van der Waals surface area contributed by atoms with Crippen LogP contribution < -0.4 is 5.73 Å². The van der Waals surface area contributed by atoms with Crippen LogP contribution in [0.25, 0.3) is 11.3 Å². The number of carbonyl (C=O) groups excluding carboxylic acids is 1. The molecule has 1 saturated heterocycles. The smallest absolute Gasteiger partial charge is 0.254 e. The van der Waals surface area contributed by atoms with Crippen LogP contribution in [-0.4, -0.2) is 43.9 Å². The Hall–Kier alpha value is -3.60. The Labute approximate surface area is 239 Å². The summed E-state index contributed by atoms with van der Waals surface area (Å²) in [4.78, 5) is 20.1. The Morgan fingerprint density at radius 1 is 1.20 bits per heavy atom. The molecule has 0 aliphatic carbocycles. The summed E-state index contributed by atoms with van der Waals surface area (Å²) in [5.74, 6) is -0.560. The summed E-state index contributed by atoms with van der Waals surface area (Å²) in [6.07, 6.45) is 5.80. The number of anilines is 1. The van der Waals surface area contributed by atoms with Crippen molar-refractivity contribution >= 4 is 27.5 Å². The summed E-state index contributed by atoms with van der Waals surface area (Å²) in [7, 11) is 0. The van der Waals surface area contributed by atoms with Gasteiger partial charge in [-0.15, -0.1) is 5.10 Å². The lowest BCUT2D eigenvalue weighted by atomic mass is 9.92. The van der Waals surface area contributed by atoms with Crippen LogP contribution in [0.2, 0.25) is 0 Å². The third-order valence-corrected chi connectivity index (χ3v) is 8.01. The highest BCUT2D eigenvalue weighted by atomic mass is 79.9. The molecule has 5 rings (SSSR count). The van der Waals surface area contributed by atoms with Gasteiger partial charge in [0.2, 0.25) is 0 Å². The van der Waals surface area contributed by atoms with Crippen molar-refractivity contribution in [2.75, 3.05) is 18.8 Å². The molecule has 8 nitrogen and oxygen atoms in total. The van der Waals surface area contributed by atoms with Crippen molar-refractivity contribution in [3.63, 3.8) is 0 Å². The number of likely N-dealkylation sites (tertiary alicyclic amines) is 1. The summed E-state index contributed by atoms with van der Waals surface area (Å²) in [5, 5.41) is 8.16. The van der Waals surface area contributed by atoms with Gasteiger partial charge in [0.1, 0.15) is 17.8 Å². The highest BCUT2D eigenvalue weighted by molar-refractivity contribution is 9.10. The average molecular weight is 614 g/mol. The number of piperidine rings is 1. The number of carbonyl (C=O) groups is 1. The SMILES string of the molecule is CC(C)(C)c1coc(CC2CCN(C(=O)c3ccccc3Cn3cc(-c4cc(F)c(Br)c(F)c4N)nn3)CC2)n1. The number of nitrogens with zero attached hydrogens (tertiary/aromatic N) is 5. The first-order valence-corrected chi connectivity index (χ1v) is 14.0. The molecule has 1 amide bonds. The van der Waals surface area contributed by atoms with E-state index in [1.54, 1.807) is 18.5 Å². The Morgan fingerprint density at radius 2 is 1.93 bits per heavy atom. The van der Waals surface area contributed by atoms with Crippen LogP contribution in [-0.2, 0) is 18.4 Å². The Balaban J connectivity index is 1.25. The van der Waals surface area contributed by atoms with Crippen molar-refractivity contribution in [1.29, 1.82) is 0 Å². The molecule has 210 valence electrons. The normalized spacial score (nSPS) is 14.6. The number of rotatable bonds is 6. The second kappa shape index (κ2) is 11.1. The predicted octanol–water partition coefficient (Wildman–Crippen LogP) is 6.00. The van der Waals surface area contributed by atoms with Crippen molar-refractivity contribution in [2.45, 2.75) is 52.0 Å². The molecule has 1 aliphatic rings. The van der Waals surface area contributed by atoms with Crippen LogP contribution in [0, 0.1) is 17.6 Å². The highest BCUT2D eigenvalue weighted by Gasteiger charge is 2.27. The number of hydrogen-bond acceptors (Lipinski definition) is 6. The summed E-state index contributed by atoms with van der Waals surface area (Å²) >= 11 is 2.85. The summed E-state index contributed by atoms with van der Waals surface area (Å²) in [6, 6.07) is 8.48. The summed E-state index contributed by atoms with van der Waals surface area (Å²) < 4.78 is 35.3. The molecule has 0 atom stereocenters. The minimum atomic E-state index is -0.889. The molecule has 2 aromatic heterocycles. The van der Waals surface area contributed by atoms with Crippen LogP contribution in [0.4, 0.5) is 14.5 Å². The fraction of sp³-hybridized carbons (Fsp3) is 0.379. The van der Waals surface area contributed by atoms with Gasteiger partial charge in [0.15, 0.2) is 11.7 Å². The van der Waals surface area contributed by atoms with Crippen molar-refractivity contribution in [2.24, 2.45) is 5.92 Å². The molecule has 0 bridgehead atoms. The van der Waals surface area contributed by atoms with Gasteiger partial charge in [-0.1, -0.05) is 44.2 Å². The van der Waals surface area contributed by atoms with Gasteiger partial charge >= 0.3 is 0 Å². The monoisotopic (exact) mass is 612 g/mol. The maximum atomic E-state index is 14.3. The van der Waals surface area contributed by atoms with E-state index < -0.39 is 11.6 Å². The van der Waals surface area contributed by atoms with E-state index >= 15 is 0 Å². The highest BCUT2D eigenvalue weighted by Crippen LogP contribution is 2.33. The van der Waals surface area contributed by atoms with E-state index in [4.69, 9.17) is 10.2 Å². The maximum Gasteiger partial charge on any atom is 0.254 e. The van der Waals surface area contributed by atoms with E-state index in [1.165, 1.54) is 4.68 Å². The van der Waals surface area contributed by atoms with Crippen molar-refractivity contribution in [1.82, 2.24) is 24.9 Å². The maximum absolute atomic E-state index is 14.3. The molecule has 0 saturated carbocycles. The fourth-order valence-corrected chi connectivity index (χ4v) is 5.20. The van der Waals surface area contributed by atoms with Crippen LogP contribution in [0.5, 0.6) is 0 Å². The third kappa shape index (κ3) is 5.79. The first-order chi connectivity index (χ1) is 19.0. The molecule has 3 heterocycles. The first-order valence-electron chi connectivity index (χ1n) is 13.2. The number of amides is 1. The second-order valence-electron chi connectivity index (χ2n) is 11.2. The molecule has 0 radical (unpaired) electrons. The zero-order valence-corrected chi connectivity index (χ0v) is 24.2. The molecule has 4 aromatic rings. The van der Waals surface area contributed by atoms with Gasteiger partial charge in [0.25, 0.3) is 5.91 Å². The standard InChI is InChI=1S/C29H31BrF2N6O2/c1-29(2,3)23-16-40-24(34-23)12-17-8-10-37(11-9-17)28(39)19-7-5-4-6-18(19)14-38-15-22(35-36-38)20-13-21(31)25(30)26(32)27(20)33/h4-7,13,15-17H,8-12,14,33H2,1-3H3. The molecule has 2 N–H and O–H groups in total. The van der Waals surface area contributed by atoms with Crippen molar-refractivity contribution in [3.8, 4) is 11.3 Å². The van der Waals surface area contributed by atoms with Crippen LogP contribution in [0.3, 0.4) is 0 Å². The molecular formula is C29H31BrF2N6O2. The minimum Gasteiger partial charge on any atom is -0.449 e. The molecule has 2 aromatic carbocycles. The van der Waals surface area contributed by atoms with Crippen LogP contribution in [0.1, 0.15) is 61.1 Å². The van der Waals surface area contributed by atoms with E-state index in [2.05, 4.69) is 52.0 Å². The molecule has 0 spiro atoms. The van der Waals surface area contributed by atoms with Gasteiger partial charge < -0.3 is 15.1 Å². The van der Waals surface area contributed by atoms with E-state index in [9.17, 15) is 13.6 Å². The molecule has 40 heavy (non-hydrogen) atoms. The molecular weight excluding hydrogens is 582 g/mol. The third-order valence-electron chi connectivity index (χ3n) is 7.28. The van der Waals surface area contributed by atoms with Gasteiger partial charge in [0.05, 0.1) is 28.6 Å². The Morgan fingerprint density at radius 3 is 2.62 bits per heavy atom. The van der Waals surface area contributed by atoms with Crippen molar-refractivity contribution in [3.05, 3.63) is 81.6 Å². The summed E-state index contributed by atoms with van der Waals surface area (Å²) in [6.45, 7) is 7.89. The molecule has 1 aliphatic heterocycles. The van der Waals surface area contributed by atoms with E-state index in [0.717, 1.165) is 42.5 Å². The molecule has 1 fully saturated rings. The average Bonchev–Trinajstić information content (AvgIpc) is 3.60. The van der Waals surface area contributed by atoms with E-state index in [0.29, 0.717) is 24.6 Å². The zero-order chi connectivity index (χ0) is 28.6. The largest absolute Gasteiger partial charge is 0.449 e. The van der Waals surface area contributed by atoms with Crippen LogP contribution in [0.15, 0.2) is 51.7 Å². The van der Waals surface area contributed by atoms with Crippen molar-refractivity contribution < 1.29 is 18.0 Å². The Bertz CT molecular complexity index is 1540. The number of nitrogens with two attached hydrogens (primary N) is 1. The number of nitrogen functional groups attached to an aromatic ring is 1. The Kier molecular flexibility index (Phi) is 7.76. The van der Waals surface area contributed by atoms with Gasteiger partial charge in [-0.2, -0.15) is 0 Å². The first kappa shape index (κ1) is 27.9. The lowest BCUT2D eigenvalue weighted by Crippen LogP contribution is -2.39. The van der Waals surface area contributed by atoms with Gasteiger partial charge in [-0.3, -0.25) is 4.79 Å². The molecule has 0 unspecified atom stereocenters. The lowest BCUT2D eigenvalue weighted by molar-refractivity contribution is 0.0687. The predicted molar refractivity (Wildman–Crippen MR) is 151 cm³/mol. The van der Waals surface area contributed by atoms with Crippen LogP contribution >= 0.6 is 15.9 Å². The van der Waals surface area contributed by atoms with Gasteiger partial charge in [-0.05, 0) is 52.4 Å². The van der Waals surface area contributed by atoms with E-state index in [1.807, 2.05) is 23.1 Å². The number of aromatic nitrogens is 4.